The highest BCUT2D eigenvalue weighted by atomic mass is 32.2. The Morgan fingerprint density at radius 3 is 2.88 bits per heavy atom. The van der Waals surface area contributed by atoms with Crippen LogP contribution in [0.15, 0.2) is 17.5 Å². The van der Waals surface area contributed by atoms with Gasteiger partial charge in [0.25, 0.3) is 0 Å². The second-order valence-corrected chi connectivity index (χ2v) is 5.68. The van der Waals surface area contributed by atoms with Crippen LogP contribution >= 0.6 is 23.1 Å². The Kier molecular flexibility index (Phi) is 6.07. The number of thioether (sulfide) groups is 1. The smallest absolute Gasteiger partial charge is 0.327 e. The Hall–Kier alpha value is -1.01. The maximum Gasteiger partial charge on any atom is 0.327 e. The summed E-state index contributed by atoms with van der Waals surface area (Å²) in [5, 5.41) is 13.3. The molecule has 0 aromatic carbocycles. The molecule has 1 heterocycles. The summed E-state index contributed by atoms with van der Waals surface area (Å²) >= 11 is 3.24. The van der Waals surface area contributed by atoms with Gasteiger partial charge in [-0.15, -0.1) is 11.3 Å². The lowest BCUT2D eigenvalue weighted by molar-refractivity contribution is -0.140. The van der Waals surface area contributed by atoms with E-state index >= 15 is 0 Å². The van der Waals surface area contributed by atoms with E-state index in [1.165, 1.54) is 11.8 Å². The zero-order valence-corrected chi connectivity index (χ0v) is 11.1. The van der Waals surface area contributed by atoms with Crippen molar-refractivity contribution in [1.82, 2.24) is 5.32 Å². The van der Waals surface area contributed by atoms with Crippen LogP contribution in [-0.2, 0) is 16.0 Å². The van der Waals surface area contributed by atoms with Crippen LogP contribution in [0.25, 0.3) is 0 Å². The number of thiophene rings is 1. The van der Waals surface area contributed by atoms with Gasteiger partial charge in [0, 0.05) is 17.6 Å². The molecule has 2 N–H and O–H groups in total. The number of nitrogens with one attached hydrogen (secondary N) is 1. The maximum atomic E-state index is 10.8. The predicted octanol–water partition coefficient (Wildman–Crippen LogP) is 1.61. The molecule has 0 unspecified atom stereocenters. The van der Waals surface area contributed by atoms with E-state index in [0.717, 1.165) is 12.2 Å². The number of carboxylic acid groups (broad SMARTS) is 1. The highest BCUT2D eigenvalue weighted by Crippen LogP contribution is 2.13. The summed E-state index contributed by atoms with van der Waals surface area (Å²) in [7, 11) is 0. The van der Waals surface area contributed by atoms with Gasteiger partial charge in [-0.2, -0.15) is 11.8 Å². The van der Waals surface area contributed by atoms with Crippen molar-refractivity contribution in [2.75, 3.05) is 11.5 Å². The molecule has 1 aromatic heterocycles. The normalized spacial score (nSPS) is 12.1. The minimum Gasteiger partial charge on any atom is -0.480 e. The van der Waals surface area contributed by atoms with Gasteiger partial charge in [-0.3, -0.25) is 4.79 Å². The summed E-state index contributed by atoms with van der Waals surface area (Å²) in [5.41, 5.74) is 0. The van der Waals surface area contributed by atoms with Crippen molar-refractivity contribution in [3.63, 3.8) is 0 Å². The molecule has 6 heteroatoms. The second kappa shape index (κ2) is 7.34. The van der Waals surface area contributed by atoms with Crippen LogP contribution in [0.2, 0.25) is 0 Å². The monoisotopic (exact) mass is 273 g/mol. The lowest BCUT2D eigenvalue weighted by atomic mass is 10.3. The number of carboxylic acids is 1. The highest BCUT2D eigenvalue weighted by Gasteiger charge is 2.17. The first-order valence-electron chi connectivity index (χ1n) is 5.19. The molecule has 1 rings (SSSR count). The van der Waals surface area contributed by atoms with Crippen LogP contribution < -0.4 is 5.32 Å². The first-order chi connectivity index (χ1) is 8.09. The van der Waals surface area contributed by atoms with Crippen molar-refractivity contribution in [3.05, 3.63) is 22.4 Å². The Labute approximate surface area is 108 Å². The quantitative estimate of drug-likeness (QED) is 0.741. The Balaban J connectivity index is 2.23. The van der Waals surface area contributed by atoms with E-state index in [-0.39, 0.29) is 5.91 Å². The molecule has 1 atom stereocenters. The van der Waals surface area contributed by atoms with Gasteiger partial charge in [0.2, 0.25) is 5.91 Å². The minimum atomic E-state index is -0.983. The molecular formula is C11H15NO3S2. The summed E-state index contributed by atoms with van der Waals surface area (Å²) in [4.78, 5) is 22.9. The highest BCUT2D eigenvalue weighted by molar-refractivity contribution is 7.99. The van der Waals surface area contributed by atoms with Gasteiger partial charge in [-0.05, 0) is 23.6 Å². The molecule has 0 aliphatic rings. The lowest BCUT2D eigenvalue weighted by Crippen LogP contribution is -2.41. The molecule has 0 fully saturated rings. The van der Waals surface area contributed by atoms with E-state index < -0.39 is 12.0 Å². The van der Waals surface area contributed by atoms with Crippen LogP contribution in [-0.4, -0.2) is 34.5 Å². The van der Waals surface area contributed by atoms with Crippen LogP contribution in [0.1, 0.15) is 11.8 Å². The van der Waals surface area contributed by atoms with Gasteiger partial charge in [0.15, 0.2) is 0 Å². The number of carbonyl (C=O) groups is 2. The molecule has 0 spiro atoms. The summed E-state index contributed by atoms with van der Waals surface area (Å²) in [6.45, 7) is 1.33. The zero-order valence-electron chi connectivity index (χ0n) is 9.51. The van der Waals surface area contributed by atoms with E-state index in [1.54, 1.807) is 23.1 Å². The maximum absolute atomic E-state index is 10.8. The molecule has 94 valence electrons. The summed E-state index contributed by atoms with van der Waals surface area (Å²) < 4.78 is 0. The minimum absolute atomic E-state index is 0.309. The van der Waals surface area contributed by atoms with Gasteiger partial charge >= 0.3 is 5.97 Å². The molecule has 0 aliphatic heterocycles. The van der Waals surface area contributed by atoms with E-state index in [0.29, 0.717) is 5.75 Å². The van der Waals surface area contributed by atoms with Crippen LogP contribution in [0, 0.1) is 0 Å². The summed E-state index contributed by atoms with van der Waals surface area (Å²) in [6.07, 6.45) is 0.939. The average Bonchev–Trinajstić information content (AvgIpc) is 2.74. The first-order valence-corrected chi connectivity index (χ1v) is 7.23. The molecule has 1 aromatic rings. The molecule has 4 nitrogen and oxygen atoms in total. The molecule has 0 bridgehead atoms. The molecule has 1 amide bonds. The fourth-order valence-electron chi connectivity index (χ4n) is 1.25. The summed E-state index contributed by atoms with van der Waals surface area (Å²) in [6, 6.07) is 3.27. The van der Waals surface area contributed by atoms with Gasteiger partial charge in [-0.1, -0.05) is 6.07 Å². The van der Waals surface area contributed by atoms with Crippen LogP contribution in [0.4, 0.5) is 0 Å². The van der Waals surface area contributed by atoms with Gasteiger partial charge in [0.1, 0.15) is 6.04 Å². The Morgan fingerprint density at radius 1 is 1.59 bits per heavy atom. The molecular weight excluding hydrogens is 258 g/mol. The third-order valence-corrected chi connectivity index (χ3v) is 4.03. The molecule has 0 radical (unpaired) electrons. The van der Waals surface area contributed by atoms with E-state index in [1.807, 2.05) is 11.4 Å². The Morgan fingerprint density at radius 2 is 2.35 bits per heavy atom. The van der Waals surface area contributed by atoms with Gasteiger partial charge in [0.05, 0.1) is 0 Å². The van der Waals surface area contributed by atoms with E-state index in [2.05, 4.69) is 11.4 Å². The van der Waals surface area contributed by atoms with Crippen LogP contribution in [0.5, 0.6) is 0 Å². The average molecular weight is 273 g/mol. The van der Waals surface area contributed by atoms with Gasteiger partial charge in [-0.25, -0.2) is 4.79 Å². The fourth-order valence-corrected chi connectivity index (χ4v) is 3.08. The number of hydrogen-bond donors (Lipinski definition) is 2. The first kappa shape index (κ1) is 14.1. The third kappa shape index (κ3) is 5.74. The number of amides is 1. The zero-order chi connectivity index (χ0) is 12.7. The van der Waals surface area contributed by atoms with Crippen molar-refractivity contribution in [2.45, 2.75) is 19.4 Å². The SMILES string of the molecule is CC(=O)N[C@@H](CSCCc1cccs1)C(=O)O. The van der Waals surface area contributed by atoms with Crippen LogP contribution in [0.3, 0.4) is 0 Å². The third-order valence-electron chi connectivity index (χ3n) is 2.03. The van der Waals surface area contributed by atoms with E-state index in [4.69, 9.17) is 5.11 Å². The standard InChI is InChI=1S/C11H15NO3S2/c1-8(13)12-10(11(14)15)7-16-6-4-9-3-2-5-17-9/h2-3,5,10H,4,6-7H2,1H3,(H,12,13)(H,14,15)/t10-/m0/s1. The van der Waals surface area contributed by atoms with E-state index in [9.17, 15) is 9.59 Å². The predicted molar refractivity (Wildman–Crippen MR) is 70.6 cm³/mol. The lowest BCUT2D eigenvalue weighted by Gasteiger charge is -2.12. The summed E-state index contributed by atoms with van der Waals surface area (Å²) in [5.74, 6) is -0.0236. The largest absolute Gasteiger partial charge is 0.480 e. The number of aliphatic carboxylic acids is 1. The van der Waals surface area contributed by atoms with Crippen molar-refractivity contribution in [2.24, 2.45) is 0 Å². The molecule has 0 saturated carbocycles. The Bertz CT molecular complexity index is 365. The van der Waals surface area contributed by atoms with Crippen molar-refractivity contribution in [3.8, 4) is 0 Å². The molecule has 17 heavy (non-hydrogen) atoms. The second-order valence-electron chi connectivity index (χ2n) is 3.50. The molecule has 0 saturated heterocycles. The number of rotatable bonds is 7. The number of aryl methyl sites for hydroxylation is 1. The number of hydrogen-bond acceptors (Lipinski definition) is 4. The van der Waals surface area contributed by atoms with Crippen molar-refractivity contribution < 1.29 is 14.7 Å². The molecule has 0 aliphatic carbocycles. The van der Waals surface area contributed by atoms with Crippen molar-refractivity contribution >= 4 is 35.0 Å². The van der Waals surface area contributed by atoms with Gasteiger partial charge < -0.3 is 10.4 Å². The fraction of sp³-hybridized carbons (Fsp3) is 0.455. The number of carbonyl (C=O) groups excluding carboxylic acids is 1. The topological polar surface area (TPSA) is 66.4 Å². The van der Waals surface area contributed by atoms with Crippen molar-refractivity contribution in [1.29, 1.82) is 0 Å².